The molecule has 0 unspecified atom stereocenters. The first-order valence-electron chi connectivity index (χ1n) is 7.32. The highest BCUT2D eigenvalue weighted by Crippen LogP contribution is 2.37. The Balaban J connectivity index is 2.60. The number of carbonyl (C=O) groups excluding carboxylic acids is 2. The summed E-state index contributed by atoms with van der Waals surface area (Å²) in [6.45, 7) is 5.97. The number of allylic oxidation sites excluding steroid dienone is 1. The maximum Gasteiger partial charge on any atom is 0.338 e. The van der Waals surface area contributed by atoms with Gasteiger partial charge in [-0.25, -0.2) is 9.59 Å². The molecule has 1 aliphatic rings. The summed E-state index contributed by atoms with van der Waals surface area (Å²) >= 11 is 12.3. The molecule has 0 radical (unpaired) electrons. The van der Waals surface area contributed by atoms with Gasteiger partial charge >= 0.3 is 12.0 Å². The molecular formula is C16H18Cl2N2O3. The van der Waals surface area contributed by atoms with Crippen LogP contribution in [-0.2, 0) is 9.53 Å². The van der Waals surface area contributed by atoms with Crippen molar-refractivity contribution in [1.29, 1.82) is 0 Å². The third-order valence-electron chi connectivity index (χ3n) is 3.70. The molecule has 0 saturated heterocycles. The van der Waals surface area contributed by atoms with Gasteiger partial charge in [0.2, 0.25) is 0 Å². The van der Waals surface area contributed by atoms with Gasteiger partial charge in [0, 0.05) is 12.2 Å². The summed E-state index contributed by atoms with van der Waals surface area (Å²) in [6, 6.07) is 4.11. The van der Waals surface area contributed by atoms with Crippen LogP contribution in [0.4, 0.5) is 4.79 Å². The van der Waals surface area contributed by atoms with Crippen LogP contribution in [-0.4, -0.2) is 30.1 Å². The first kappa shape index (κ1) is 17.6. The lowest BCUT2D eigenvalue weighted by Gasteiger charge is -2.35. The van der Waals surface area contributed by atoms with E-state index in [1.54, 1.807) is 32.0 Å². The van der Waals surface area contributed by atoms with E-state index in [9.17, 15) is 9.59 Å². The number of benzene rings is 1. The molecule has 0 fully saturated rings. The van der Waals surface area contributed by atoms with Gasteiger partial charge in [0.1, 0.15) is 0 Å². The normalized spacial score (nSPS) is 18.0. The molecule has 2 rings (SSSR count). The molecule has 5 nitrogen and oxygen atoms in total. The molecule has 2 amide bonds. The van der Waals surface area contributed by atoms with Crippen LogP contribution in [0, 0.1) is 0 Å². The Hall–Kier alpha value is -1.72. The minimum Gasteiger partial charge on any atom is -0.463 e. The van der Waals surface area contributed by atoms with Crippen molar-refractivity contribution in [2.24, 2.45) is 0 Å². The molecular weight excluding hydrogens is 339 g/mol. The van der Waals surface area contributed by atoms with E-state index in [2.05, 4.69) is 5.32 Å². The Morgan fingerprint density at radius 3 is 2.65 bits per heavy atom. The lowest BCUT2D eigenvalue weighted by molar-refractivity contribution is -0.139. The average molecular weight is 357 g/mol. The second-order valence-corrected chi connectivity index (χ2v) is 5.77. The van der Waals surface area contributed by atoms with Crippen molar-refractivity contribution in [3.63, 3.8) is 0 Å². The number of ether oxygens (including phenoxy) is 1. The maximum atomic E-state index is 12.4. The molecule has 1 aliphatic heterocycles. The Morgan fingerprint density at radius 1 is 1.35 bits per heavy atom. The van der Waals surface area contributed by atoms with Crippen molar-refractivity contribution in [1.82, 2.24) is 10.2 Å². The third kappa shape index (κ3) is 3.31. The first-order chi connectivity index (χ1) is 10.9. The van der Waals surface area contributed by atoms with E-state index in [0.29, 0.717) is 33.4 Å². The topological polar surface area (TPSA) is 58.6 Å². The van der Waals surface area contributed by atoms with Crippen LogP contribution >= 0.6 is 23.2 Å². The van der Waals surface area contributed by atoms with E-state index < -0.39 is 12.0 Å². The van der Waals surface area contributed by atoms with Gasteiger partial charge in [-0.1, -0.05) is 35.3 Å². The number of carbonyl (C=O) groups is 2. The minimum absolute atomic E-state index is 0.242. The minimum atomic E-state index is -0.699. The highest BCUT2D eigenvalue weighted by atomic mass is 35.5. The highest BCUT2D eigenvalue weighted by Gasteiger charge is 2.36. The summed E-state index contributed by atoms with van der Waals surface area (Å²) in [6.07, 6.45) is 0. The molecule has 0 saturated carbocycles. The van der Waals surface area contributed by atoms with Gasteiger partial charge in [0.05, 0.1) is 28.3 Å². The summed E-state index contributed by atoms with van der Waals surface area (Å²) in [5.41, 5.74) is 1.47. The van der Waals surface area contributed by atoms with Crippen molar-refractivity contribution in [3.05, 3.63) is 45.1 Å². The SMILES string of the molecule is CCOC(=O)C1=C(C)N(CC)C(=O)N[C@H]1c1cccc(Cl)c1Cl. The number of nitrogens with zero attached hydrogens (tertiary/aromatic N) is 1. The quantitative estimate of drug-likeness (QED) is 0.831. The fourth-order valence-corrected chi connectivity index (χ4v) is 3.03. The molecule has 0 aromatic heterocycles. The predicted octanol–water partition coefficient (Wildman–Crippen LogP) is 3.92. The zero-order valence-corrected chi connectivity index (χ0v) is 14.7. The second-order valence-electron chi connectivity index (χ2n) is 4.99. The number of hydrogen-bond acceptors (Lipinski definition) is 3. The average Bonchev–Trinajstić information content (AvgIpc) is 2.50. The number of rotatable bonds is 4. The van der Waals surface area contributed by atoms with Crippen LogP contribution in [0.3, 0.4) is 0 Å². The molecule has 7 heteroatoms. The molecule has 0 aliphatic carbocycles. The second kappa shape index (κ2) is 7.23. The molecule has 0 spiro atoms. The maximum absolute atomic E-state index is 12.4. The molecule has 23 heavy (non-hydrogen) atoms. The summed E-state index contributed by atoms with van der Waals surface area (Å²) in [4.78, 5) is 26.2. The first-order valence-corrected chi connectivity index (χ1v) is 8.07. The third-order valence-corrected chi connectivity index (χ3v) is 4.53. The highest BCUT2D eigenvalue weighted by molar-refractivity contribution is 6.42. The number of urea groups is 1. The van der Waals surface area contributed by atoms with Gasteiger partial charge in [-0.15, -0.1) is 0 Å². The Morgan fingerprint density at radius 2 is 2.04 bits per heavy atom. The number of hydrogen-bond donors (Lipinski definition) is 1. The van der Waals surface area contributed by atoms with E-state index in [1.165, 1.54) is 4.90 Å². The van der Waals surface area contributed by atoms with Gasteiger partial charge in [-0.3, -0.25) is 4.90 Å². The van der Waals surface area contributed by atoms with Crippen molar-refractivity contribution < 1.29 is 14.3 Å². The van der Waals surface area contributed by atoms with Crippen molar-refractivity contribution in [2.75, 3.05) is 13.2 Å². The molecule has 1 atom stereocenters. The largest absolute Gasteiger partial charge is 0.463 e. The predicted molar refractivity (Wildman–Crippen MR) is 89.4 cm³/mol. The van der Waals surface area contributed by atoms with E-state index in [4.69, 9.17) is 27.9 Å². The van der Waals surface area contributed by atoms with E-state index in [0.717, 1.165) is 0 Å². The van der Waals surface area contributed by atoms with Crippen LogP contribution in [0.2, 0.25) is 10.0 Å². The molecule has 1 aromatic carbocycles. The van der Waals surface area contributed by atoms with Gasteiger partial charge in [-0.05, 0) is 32.4 Å². The van der Waals surface area contributed by atoms with Crippen LogP contribution in [0.25, 0.3) is 0 Å². The van der Waals surface area contributed by atoms with E-state index in [-0.39, 0.29) is 12.6 Å². The summed E-state index contributed by atoms with van der Waals surface area (Å²) in [5, 5.41) is 3.47. The van der Waals surface area contributed by atoms with Crippen LogP contribution in [0.1, 0.15) is 32.4 Å². The lowest BCUT2D eigenvalue weighted by Crippen LogP contribution is -2.48. The number of amides is 2. The van der Waals surface area contributed by atoms with Gasteiger partial charge in [0.25, 0.3) is 0 Å². The van der Waals surface area contributed by atoms with Crippen LogP contribution in [0.15, 0.2) is 29.5 Å². The number of halogens is 2. The Bertz CT molecular complexity index is 673. The Labute approximate surface area is 145 Å². The molecule has 1 aromatic rings. The number of nitrogens with one attached hydrogen (secondary N) is 1. The molecule has 1 heterocycles. The van der Waals surface area contributed by atoms with Crippen molar-refractivity contribution >= 4 is 35.2 Å². The fraction of sp³-hybridized carbons (Fsp3) is 0.375. The van der Waals surface area contributed by atoms with Gasteiger partial charge in [0.15, 0.2) is 0 Å². The molecule has 124 valence electrons. The number of esters is 1. The summed E-state index contributed by atoms with van der Waals surface area (Å²) in [7, 11) is 0. The van der Waals surface area contributed by atoms with E-state index >= 15 is 0 Å². The monoisotopic (exact) mass is 356 g/mol. The lowest BCUT2D eigenvalue weighted by atomic mass is 9.95. The zero-order chi connectivity index (χ0) is 17.1. The standard InChI is InChI=1S/C16H18Cl2N2O3/c1-4-20-9(3)12(15(21)23-5-2)14(19-16(20)22)10-7-6-8-11(17)13(10)18/h6-8,14H,4-5H2,1-3H3,(H,19,22)/t14-/m0/s1. The van der Waals surface area contributed by atoms with Crippen LogP contribution < -0.4 is 5.32 Å². The van der Waals surface area contributed by atoms with Gasteiger partial charge < -0.3 is 10.1 Å². The smallest absolute Gasteiger partial charge is 0.338 e. The summed E-state index contributed by atoms with van der Waals surface area (Å²) < 4.78 is 5.15. The fourth-order valence-electron chi connectivity index (χ4n) is 2.61. The van der Waals surface area contributed by atoms with Gasteiger partial charge in [-0.2, -0.15) is 0 Å². The molecule has 1 N–H and O–H groups in total. The molecule has 0 bridgehead atoms. The summed E-state index contributed by atoms with van der Waals surface area (Å²) in [5.74, 6) is -0.482. The Kier molecular flexibility index (Phi) is 5.55. The van der Waals surface area contributed by atoms with Crippen molar-refractivity contribution in [2.45, 2.75) is 26.8 Å². The van der Waals surface area contributed by atoms with Crippen molar-refractivity contribution in [3.8, 4) is 0 Å². The zero-order valence-electron chi connectivity index (χ0n) is 13.2. The van der Waals surface area contributed by atoms with Crippen LogP contribution in [0.5, 0.6) is 0 Å². The van der Waals surface area contributed by atoms with E-state index in [1.807, 2.05) is 6.92 Å².